The van der Waals surface area contributed by atoms with Crippen LogP contribution in [0.2, 0.25) is 5.02 Å². The number of halogens is 1. The zero-order valence-electron chi connectivity index (χ0n) is 19.3. The Morgan fingerprint density at radius 2 is 1.71 bits per heavy atom. The van der Waals surface area contributed by atoms with Crippen LogP contribution in [0.3, 0.4) is 0 Å². The summed E-state index contributed by atoms with van der Waals surface area (Å²) in [6.07, 6.45) is 2.34. The van der Waals surface area contributed by atoms with Gasteiger partial charge in [-0.25, -0.2) is 0 Å². The lowest BCUT2D eigenvalue weighted by Gasteiger charge is -2.26. The van der Waals surface area contributed by atoms with Crippen molar-refractivity contribution in [2.45, 2.75) is 6.42 Å². The molecule has 3 aromatic rings. The molecule has 1 fully saturated rings. The maximum Gasteiger partial charge on any atom is 0.267 e. The molecule has 1 aromatic heterocycles. The average molecular weight is 494 g/mol. The number of benzene rings is 2. The van der Waals surface area contributed by atoms with Crippen LogP contribution in [0.1, 0.15) is 22.5 Å². The van der Waals surface area contributed by atoms with E-state index >= 15 is 0 Å². The number of carbonyl (C=O) groups is 2. The van der Waals surface area contributed by atoms with E-state index in [1.807, 2.05) is 24.3 Å². The second-order valence-electron chi connectivity index (χ2n) is 8.15. The molecule has 8 heteroatoms. The predicted molar refractivity (Wildman–Crippen MR) is 136 cm³/mol. The highest BCUT2D eigenvalue weighted by atomic mass is 35.5. The summed E-state index contributed by atoms with van der Waals surface area (Å²) in [7, 11) is 0. The topological polar surface area (TPSA) is 83.8 Å². The van der Waals surface area contributed by atoms with Crippen LogP contribution < -0.4 is 10.6 Å². The van der Waals surface area contributed by atoms with Gasteiger partial charge in [-0.2, -0.15) is 0 Å². The van der Waals surface area contributed by atoms with Gasteiger partial charge in [0.2, 0.25) is 0 Å². The number of morpholine rings is 1. The number of carbonyl (C=O) groups excluding carboxylic acids is 2. The van der Waals surface area contributed by atoms with Crippen LogP contribution in [-0.4, -0.2) is 56.1 Å². The number of hydrogen-bond acceptors (Lipinski definition) is 5. The van der Waals surface area contributed by atoms with E-state index in [4.69, 9.17) is 20.8 Å². The molecule has 7 nitrogen and oxygen atoms in total. The number of furan rings is 1. The molecule has 1 saturated heterocycles. The molecule has 0 bridgehead atoms. The molecular weight excluding hydrogens is 466 g/mol. The second kappa shape index (κ2) is 12.4. The second-order valence-corrected chi connectivity index (χ2v) is 8.59. The van der Waals surface area contributed by atoms with E-state index in [1.54, 1.807) is 42.5 Å². The van der Waals surface area contributed by atoms with Gasteiger partial charge in [0.1, 0.15) is 17.2 Å². The van der Waals surface area contributed by atoms with Gasteiger partial charge in [-0.15, -0.1) is 0 Å². The van der Waals surface area contributed by atoms with Crippen molar-refractivity contribution in [2.24, 2.45) is 0 Å². The van der Waals surface area contributed by atoms with Gasteiger partial charge < -0.3 is 19.8 Å². The first-order valence-corrected chi connectivity index (χ1v) is 12.0. The van der Waals surface area contributed by atoms with Crippen LogP contribution in [0.25, 0.3) is 17.4 Å². The van der Waals surface area contributed by atoms with Crippen LogP contribution in [-0.2, 0) is 9.53 Å². The fourth-order valence-electron chi connectivity index (χ4n) is 3.71. The molecule has 0 spiro atoms. The maximum absolute atomic E-state index is 13.0. The van der Waals surface area contributed by atoms with E-state index in [0.29, 0.717) is 28.7 Å². The van der Waals surface area contributed by atoms with Gasteiger partial charge in [-0.05, 0) is 61.5 Å². The first-order chi connectivity index (χ1) is 17.1. The van der Waals surface area contributed by atoms with E-state index in [1.165, 1.54) is 6.08 Å². The number of rotatable bonds is 9. The summed E-state index contributed by atoms with van der Waals surface area (Å²) >= 11 is 5.97. The summed E-state index contributed by atoms with van der Waals surface area (Å²) in [6, 6.07) is 19.6. The summed E-state index contributed by atoms with van der Waals surface area (Å²) in [5.41, 5.74) is 1.43. The van der Waals surface area contributed by atoms with Gasteiger partial charge in [0.05, 0.1) is 13.2 Å². The average Bonchev–Trinajstić information content (AvgIpc) is 3.36. The number of amides is 2. The van der Waals surface area contributed by atoms with Crippen LogP contribution in [0.15, 0.2) is 76.8 Å². The zero-order valence-corrected chi connectivity index (χ0v) is 20.1. The Morgan fingerprint density at radius 3 is 2.46 bits per heavy atom. The normalized spacial score (nSPS) is 14.5. The van der Waals surface area contributed by atoms with Crippen molar-refractivity contribution in [2.75, 3.05) is 39.4 Å². The monoisotopic (exact) mass is 493 g/mol. The van der Waals surface area contributed by atoms with E-state index in [2.05, 4.69) is 15.5 Å². The van der Waals surface area contributed by atoms with Crippen molar-refractivity contribution < 1.29 is 18.7 Å². The lowest BCUT2D eigenvalue weighted by atomic mass is 10.2. The van der Waals surface area contributed by atoms with Gasteiger partial charge in [0, 0.05) is 41.9 Å². The van der Waals surface area contributed by atoms with E-state index in [-0.39, 0.29) is 17.5 Å². The Hall–Kier alpha value is -3.39. The van der Waals surface area contributed by atoms with Crippen LogP contribution in [0.4, 0.5) is 0 Å². The molecule has 2 amide bonds. The molecular formula is C27H28ClN3O4. The van der Waals surface area contributed by atoms with Crippen molar-refractivity contribution in [1.82, 2.24) is 15.5 Å². The Balaban J connectivity index is 1.45. The minimum Gasteiger partial charge on any atom is -0.457 e. The highest BCUT2D eigenvalue weighted by Crippen LogP contribution is 2.24. The van der Waals surface area contributed by atoms with Crippen molar-refractivity contribution in [3.05, 3.63) is 88.8 Å². The third kappa shape index (κ3) is 7.29. The van der Waals surface area contributed by atoms with E-state index < -0.39 is 0 Å². The molecule has 2 N–H and O–H groups in total. The molecule has 2 heterocycles. The molecule has 1 aliphatic rings. The van der Waals surface area contributed by atoms with Crippen molar-refractivity contribution >= 4 is 29.5 Å². The lowest BCUT2D eigenvalue weighted by molar-refractivity contribution is -0.117. The molecule has 1 aliphatic heterocycles. The quantitative estimate of drug-likeness (QED) is 0.344. The molecule has 0 aliphatic carbocycles. The first kappa shape index (κ1) is 24.7. The van der Waals surface area contributed by atoms with Crippen LogP contribution in [0, 0.1) is 0 Å². The maximum atomic E-state index is 13.0. The minimum atomic E-state index is -0.374. The summed E-state index contributed by atoms with van der Waals surface area (Å²) in [6.45, 7) is 4.66. The lowest BCUT2D eigenvalue weighted by Crippen LogP contribution is -2.39. The van der Waals surface area contributed by atoms with Gasteiger partial charge >= 0.3 is 0 Å². The Labute approximate surface area is 209 Å². The molecule has 182 valence electrons. The zero-order chi connectivity index (χ0) is 24.5. The molecule has 4 rings (SSSR count). The van der Waals surface area contributed by atoms with E-state index in [0.717, 1.165) is 44.8 Å². The van der Waals surface area contributed by atoms with Crippen LogP contribution >= 0.6 is 11.6 Å². The molecule has 0 unspecified atom stereocenters. The fraction of sp³-hybridized carbons (Fsp3) is 0.259. The molecule has 0 saturated carbocycles. The third-order valence-corrected chi connectivity index (χ3v) is 5.86. The van der Waals surface area contributed by atoms with Gasteiger partial charge in [0.15, 0.2) is 0 Å². The highest BCUT2D eigenvalue weighted by Gasteiger charge is 2.16. The largest absolute Gasteiger partial charge is 0.457 e. The minimum absolute atomic E-state index is 0.113. The number of nitrogens with one attached hydrogen (secondary N) is 2. The molecule has 2 aromatic carbocycles. The first-order valence-electron chi connectivity index (χ1n) is 11.6. The summed E-state index contributed by atoms with van der Waals surface area (Å²) < 4.78 is 11.3. The third-order valence-electron chi connectivity index (χ3n) is 5.61. The fourth-order valence-corrected chi connectivity index (χ4v) is 3.83. The summed E-state index contributed by atoms with van der Waals surface area (Å²) in [5.74, 6) is 0.333. The number of nitrogens with zero attached hydrogens (tertiary/aromatic N) is 1. The Morgan fingerprint density at radius 1 is 0.971 bits per heavy atom. The summed E-state index contributed by atoms with van der Waals surface area (Å²) in [4.78, 5) is 28.1. The molecule has 35 heavy (non-hydrogen) atoms. The Bertz CT molecular complexity index is 1150. The molecule has 0 atom stereocenters. The van der Waals surface area contributed by atoms with Crippen molar-refractivity contribution in [1.29, 1.82) is 0 Å². The smallest absolute Gasteiger partial charge is 0.267 e. The highest BCUT2D eigenvalue weighted by molar-refractivity contribution is 6.30. The predicted octanol–water partition coefficient (Wildman–Crippen LogP) is 4.21. The number of hydrogen-bond donors (Lipinski definition) is 2. The van der Waals surface area contributed by atoms with Crippen molar-refractivity contribution in [3.63, 3.8) is 0 Å². The SMILES string of the molecule is O=C(NCCCN1CCOCC1)C(=Cc1ccc(-c2ccc(Cl)cc2)o1)NC(=O)c1ccccc1. The van der Waals surface area contributed by atoms with Gasteiger partial charge in [0.25, 0.3) is 11.8 Å². The van der Waals surface area contributed by atoms with Gasteiger partial charge in [-0.3, -0.25) is 14.5 Å². The van der Waals surface area contributed by atoms with Crippen molar-refractivity contribution in [3.8, 4) is 11.3 Å². The Kier molecular flexibility index (Phi) is 8.73. The number of ether oxygens (including phenoxy) is 1. The van der Waals surface area contributed by atoms with Crippen LogP contribution in [0.5, 0.6) is 0 Å². The standard InChI is InChI=1S/C27H28ClN3O4/c28-22-9-7-20(8-10-22)25-12-11-23(35-25)19-24(30-26(32)21-5-2-1-3-6-21)27(33)29-13-4-14-31-15-17-34-18-16-31/h1-3,5-12,19H,4,13-18H2,(H,29,33)(H,30,32). The summed E-state index contributed by atoms with van der Waals surface area (Å²) in [5, 5.41) is 6.28. The van der Waals surface area contributed by atoms with E-state index in [9.17, 15) is 9.59 Å². The van der Waals surface area contributed by atoms with Gasteiger partial charge in [-0.1, -0.05) is 29.8 Å². The molecule has 0 radical (unpaired) electrons.